The molecule has 1 aliphatic carbocycles. The third kappa shape index (κ3) is 3.48. The number of hydrogen-bond acceptors (Lipinski definition) is 4. The second-order valence-electron chi connectivity index (χ2n) is 9.68. The molecule has 2 bridgehead atoms. The molecule has 2 amide bonds. The predicted molar refractivity (Wildman–Crippen MR) is 121 cm³/mol. The van der Waals surface area contributed by atoms with E-state index in [2.05, 4.69) is 42.6 Å². The van der Waals surface area contributed by atoms with Crippen molar-refractivity contribution < 1.29 is 19.1 Å². The largest absolute Gasteiger partial charge is 0.382 e. The Bertz CT molecular complexity index is 892. The number of carbonyl (C=O) groups is 2. The monoisotopic (exact) mass is 438 g/mol. The average Bonchev–Trinajstić information content (AvgIpc) is 3.55. The van der Waals surface area contributed by atoms with Gasteiger partial charge in [-0.3, -0.25) is 9.59 Å². The van der Waals surface area contributed by atoms with Gasteiger partial charge in [-0.05, 0) is 38.7 Å². The summed E-state index contributed by atoms with van der Waals surface area (Å²) in [5, 5.41) is 3.25. The molecular formula is C26H34N2O4. The SMILES string of the molecule is CCOCCCN1C(=O)[C@H]2[C@@H](c3ccc(C)cc3)[C@H]3C=C[C@]2(O3)[C@H]1C(=O)NC1CCCC1. The van der Waals surface area contributed by atoms with Crippen LogP contribution in [0.5, 0.6) is 0 Å². The number of nitrogens with zero attached hydrogens (tertiary/aromatic N) is 1. The van der Waals surface area contributed by atoms with Crippen LogP contribution in [0.15, 0.2) is 36.4 Å². The Hall–Kier alpha value is -2.18. The average molecular weight is 439 g/mol. The molecule has 3 aliphatic heterocycles. The van der Waals surface area contributed by atoms with E-state index in [1.807, 2.05) is 13.0 Å². The molecule has 0 radical (unpaired) electrons. The highest BCUT2D eigenvalue weighted by atomic mass is 16.5. The van der Waals surface area contributed by atoms with E-state index in [9.17, 15) is 9.59 Å². The van der Waals surface area contributed by atoms with E-state index >= 15 is 0 Å². The first kappa shape index (κ1) is 21.7. The first-order valence-electron chi connectivity index (χ1n) is 12.2. The number of benzene rings is 1. The van der Waals surface area contributed by atoms with E-state index in [4.69, 9.17) is 9.47 Å². The fourth-order valence-corrected chi connectivity index (χ4v) is 6.21. The maximum atomic E-state index is 13.8. The number of carbonyl (C=O) groups excluding carboxylic acids is 2. The molecule has 0 unspecified atom stereocenters. The number of ether oxygens (including phenoxy) is 2. The molecule has 6 nitrogen and oxygen atoms in total. The van der Waals surface area contributed by atoms with Gasteiger partial charge in [0.15, 0.2) is 0 Å². The number of amides is 2. The van der Waals surface area contributed by atoms with E-state index < -0.39 is 11.6 Å². The molecule has 5 atom stereocenters. The molecule has 2 saturated heterocycles. The van der Waals surface area contributed by atoms with Gasteiger partial charge in [0.2, 0.25) is 11.8 Å². The second-order valence-corrected chi connectivity index (χ2v) is 9.68. The van der Waals surface area contributed by atoms with Crippen molar-refractivity contribution in [1.29, 1.82) is 0 Å². The van der Waals surface area contributed by atoms with Gasteiger partial charge < -0.3 is 19.7 Å². The quantitative estimate of drug-likeness (QED) is 0.500. The zero-order valence-corrected chi connectivity index (χ0v) is 19.1. The lowest BCUT2D eigenvalue weighted by Crippen LogP contribution is -2.56. The molecule has 1 aromatic carbocycles. The van der Waals surface area contributed by atoms with Crippen molar-refractivity contribution in [3.05, 3.63) is 47.5 Å². The first-order chi connectivity index (χ1) is 15.5. The molecule has 172 valence electrons. The zero-order valence-electron chi connectivity index (χ0n) is 19.1. The van der Waals surface area contributed by atoms with Crippen molar-refractivity contribution in [3.63, 3.8) is 0 Å². The van der Waals surface area contributed by atoms with Gasteiger partial charge in [-0.1, -0.05) is 54.8 Å². The summed E-state index contributed by atoms with van der Waals surface area (Å²) in [7, 11) is 0. The molecule has 0 aromatic heterocycles. The summed E-state index contributed by atoms with van der Waals surface area (Å²) in [6, 6.07) is 7.95. The minimum atomic E-state index is -0.883. The fourth-order valence-electron chi connectivity index (χ4n) is 6.21. The lowest BCUT2D eigenvalue weighted by atomic mass is 9.72. The molecule has 6 heteroatoms. The van der Waals surface area contributed by atoms with Crippen molar-refractivity contribution in [2.45, 2.75) is 75.7 Å². The summed E-state index contributed by atoms with van der Waals surface area (Å²) in [6.45, 7) is 5.76. The van der Waals surface area contributed by atoms with E-state index in [1.165, 1.54) is 5.56 Å². The van der Waals surface area contributed by atoms with Crippen LogP contribution in [0.4, 0.5) is 0 Å². The molecule has 1 saturated carbocycles. The maximum Gasteiger partial charge on any atom is 0.246 e. The Morgan fingerprint density at radius 1 is 1.25 bits per heavy atom. The number of fused-ring (bicyclic) bond motifs is 1. The number of aryl methyl sites for hydroxylation is 1. The van der Waals surface area contributed by atoms with E-state index in [-0.39, 0.29) is 35.8 Å². The lowest BCUT2D eigenvalue weighted by molar-refractivity contribution is -0.139. The summed E-state index contributed by atoms with van der Waals surface area (Å²) in [5.74, 6) is -0.470. The second kappa shape index (κ2) is 8.64. The molecule has 4 aliphatic rings. The molecule has 1 spiro atoms. The topological polar surface area (TPSA) is 67.9 Å². The van der Waals surface area contributed by atoms with Crippen molar-refractivity contribution in [2.24, 2.45) is 5.92 Å². The van der Waals surface area contributed by atoms with Crippen LogP contribution in [0.25, 0.3) is 0 Å². The third-order valence-electron chi connectivity index (χ3n) is 7.68. The van der Waals surface area contributed by atoms with Gasteiger partial charge in [0.1, 0.15) is 11.6 Å². The smallest absolute Gasteiger partial charge is 0.246 e. The highest BCUT2D eigenvalue weighted by molar-refractivity contribution is 5.97. The summed E-state index contributed by atoms with van der Waals surface area (Å²) >= 11 is 0. The van der Waals surface area contributed by atoms with E-state index in [0.717, 1.165) is 31.2 Å². The van der Waals surface area contributed by atoms with Gasteiger partial charge in [-0.2, -0.15) is 0 Å². The predicted octanol–water partition coefficient (Wildman–Crippen LogP) is 3.10. The highest BCUT2D eigenvalue weighted by Gasteiger charge is 2.71. The minimum Gasteiger partial charge on any atom is -0.382 e. The minimum absolute atomic E-state index is 0.0329. The van der Waals surface area contributed by atoms with Crippen LogP contribution in [0.2, 0.25) is 0 Å². The first-order valence-corrected chi connectivity index (χ1v) is 12.2. The number of hydrogen-bond donors (Lipinski definition) is 1. The van der Waals surface area contributed by atoms with Crippen molar-refractivity contribution in [3.8, 4) is 0 Å². The molecule has 32 heavy (non-hydrogen) atoms. The molecule has 3 fully saturated rings. The summed E-state index contributed by atoms with van der Waals surface area (Å²) in [6.07, 6.45) is 8.93. The van der Waals surface area contributed by atoms with E-state index in [0.29, 0.717) is 26.2 Å². The Labute approximate surface area is 190 Å². The normalized spacial score (nSPS) is 33.3. The maximum absolute atomic E-state index is 13.8. The standard InChI is InChI=1S/C26H34N2O4/c1-3-31-16-6-15-28-23(24(29)27-19-7-4-5-8-19)26-14-13-20(32-26)21(22(26)25(28)30)18-11-9-17(2)10-12-18/h9-14,19-23H,3-8,15-16H2,1-2H3,(H,27,29)/t20-,21+,22-,23-,26-/m1/s1. The number of rotatable bonds is 8. The van der Waals surface area contributed by atoms with Crippen LogP contribution in [0.3, 0.4) is 0 Å². The van der Waals surface area contributed by atoms with Crippen LogP contribution in [0, 0.1) is 12.8 Å². The lowest BCUT2D eigenvalue weighted by Gasteiger charge is -2.33. The van der Waals surface area contributed by atoms with Crippen LogP contribution < -0.4 is 5.32 Å². The van der Waals surface area contributed by atoms with Crippen LogP contribution >= 0.6 is 0 Å². The highest BCUT2D eigenvalue weighted by Crippen LogP contribution is 2.58. The van der Waals surface area contributed by atoms with Gasteiger partial charge in [-0.25, -0.2) is 0 Å². The molecule has 1 N–H and O–H groups in total. The van der Waals surface area contributed by atoms with Gasteiger partial charge in [0.05, 0.1) is 12.0 Å². The Morgan fingerprint density at radius 3 is 2.72 bits per heavy atom. The Morgan fingerprint density at radius 2 is 2.00 bits per heavy atom. The van der Waals surface area contributed by atoms with Gasteiger partial charge >= 0.3 is 0 Å². The Kier molecular flexibility index (Phi) is 5.84. The van der Waals surface area contributed by atoms with Gasteiger partial charge in [-0.15, -0.1) is 0 Å². The molecular weight excluding hydrogens is 404 g/mol. The Balaban J connectivity index is 1.46. The van der Waals surface area contributed by atoms with E-state index in [1.54, 1.807) is 4.90 Å². The fraction of sp³-hybridized carbons (Fsp3) is 0.615. The molecule has 3 heterocycles. The summed E-state index contributed by atoms with van der Waals surface area (Å²) < 4.78 is 12.0. The van der Waals surface area contributed by atoms with Crippen molar-refractivity contribution in [1.82, 2.24) is 10.2 Å². The summed E-state index contributed by atoms with van der Waals surface area (Å²) in [5.41, 5.74) is 1.41. The van der Waals surface area contributed by atoms with Gasteiger partial charge in [0.25, 0.3) is 0 Å². The third-order valence-corrected chi connectivity index (χ3v) is 7.68. The van der Waals surface area contributed by atoms with Crippen LogP contribution in [-0.2, 0) is 19.1 Å². The number of nitrogens with one attached hydrogen (secondary N) is 1. The van der Waals surface area contributed by atoms with Crippen LogP contribution in [0.1, 0.15) is 56.1 Å². The molecule has 5 rings (SSSR count). The molecule has 1 aromatic rings. The number of likely N-dealkylation sites (tertiary alicyclic amines) is 1. The van der Waals surface area contributed by atoms with Gasteiger partial charge in [0, 0.05) is 31.7 Å². The van der Waals surface area contributed by atoms with Crippen molar-refractivity contribution in [2.75, 3.05) is 19.8 Å². The van der Waals surface area contributed by atoms with Crippen LogP contribution in [-0.4, -0.2) is 60.3 Å². The zero-order chi connectivity index (χ0) is 22.3. The summed E-state index contributed by atoms with van der Waals surface area (Å²) in [4.78, 5) is 29.2. The van der Waals surface area contributed by atoms with Crippen molar-refractivity contribution >= 4 is 11.8 Å².